The number of nitrogens with two attached hydrogens (primary N) is 1. The zero-order valence-electron chi connectivity index (χ0n) is 17.3. The lowest BCUT2D eigenvalue weighted by Crippen LogP contribution is -2.30. The molecule has 1 amide bonds. The van der Waals surface area contributed by atoms with Crippen LogP contribution < -0.4 is 10.5 Å². The van der Waals surface area contributed by atoms with Gasteiger partial charge in [0.05, 0.1) is 25.7 Å². The lowest BCUT2D eigenvalue weighted by atomic mass is 10.0. The molecule has 0 saturated carbocycles. The number of aromatic nitrogens is 3. The molecule has 1 fully saturated rings. The molecule has 9 heteroatoms. The summed E-state index contributed by atoms with van der Waals surface area (Å²) in [5, 5.41) is 5.19. The van der Waals surface area contributed by atoms with Gasteiger partial charge in [0.15, 0.2) is 0 Å². The van der Waals surface area contributed by atoms with Crippen molar-refractivity contribution in [3.05, 3.63) is 30.3 Å². The number of ether oxygens (including phenoxy) is 2. The monoisotopic (exact) mass is 413 g/mol. The molecule has 0 bridgehead atoms. The Morgan fingerprint density at radius 1 is 1.37 bits per heavy atom. The van der Waals surface area contributed by atoms with Crippen LogP contribution in [0.4, 0.5) is 0 Å². The zero-order valence-corrected chi connectivity index (χ0v) is 17.3. The number of fused-ring (bicyclic) bond motifs is 1. The highest BCUT2D eigenvalue weighted by molar-refractivity contribution is 5.97. The fourth-order valence-corrected chi connectivity index (χ4v) is 4.00. The first-order valence-corrected chi connectivity index (χ1v) is 10.1. The van der Waals surface area contributed by atoms with Gasteiger partial charge in [0.1, 0.15) is 5.75 Å². The highest BCUT2D eigenvalue weighted by atomic mass is 16.5. The molecule has 1 aliphatic heterocycles. The molecule has 1 aliphatic rings. The van der Waals surface area contributed by atoms with Crippen LogP contribution in [0.2, 0.25) is 0 Å². The summed E-state index contributed by atoms with van der Waals surface area (Å²) in [5.41, 5.74) is 7.16. The molecule has 160 valence electrons. The van der Waals surface area contributed by atoms with Gasteiger partial charge in [-0.2, -0.15) is 4.98 Å². The Morgan fingerprint density at radius 2 is 2.17 bits per heavy atom. The predicted molar refractivity (Wildman–Crippen MR) is 111 cm³/mol. The Kier molecular flexibility index (Phi) is 6.01. The first-order chi connectivity index (χ1) is 14.5. The number of carbonyl (C=O) groups excluding carboxylic acids is 1. The van der Waals surface area contributed by atoms with Crippen LogP contribution in [0.15, 0.2) is 28.9 Å². The van der Waals surface area contributed by atoms with E-state index in [9.17, 15) is 4.79 Å². The van der Waals surface area contributed by atoms with Crippen molar-refractivity contribution in [2.24, 2.45) is 11.7 Å². The molecule has 30 heavy (non-hydrogen) atoms. The van der Waals surface area contributed by atoms with Crippen LogP contribution in [-0.2, 0) is 22.6 Å². The molecule has 0 atom stereocenters. The maximum Gasteiger partial charge on any atom is 0.241 e. The van der Waals surface area contributed by atoms with Crippen LogP contribution in [0.25, 0.3) is 22.3 Å². The van der Waals surface area contributed by atoms with Gasteiger partial charge in [0.25, 0.3) is 0 Å². The van der Waals surface area contributed by atoms with E-state index in [1.54, 1.807) is 19.1 Å². The van der Waals surface area contributed by atoms with E-state index in [1.165, 1.54) is 0 Å². The van der Waals surface area contributed by atoms with Gasteiger partial charge in [0.2, 0.25) is 17.6 Å². The summed E-state index contributed by atoms with van der Waals surface area (Å²) in [4.78, 5) is 17.4. The maximum absolute atomic E-state index is 11.1. The van der Waals surface area contributed by atoms with Gasteiger partial charge >= 0.3 is 0 Å². The molecule has 2 aromatic heterocycles. The number of carbonyl (C=O) groups is 1. The summed E-state index contributed by atoms with van der Waals surface area (Å²) in [6.07, 6.45) is 4.16. The molecule has 2 N–H and O–H groups in total. The number of hydrogen-bond acceptors (Lipinski definition) is 7. The van der Waals surface area contributed by atoms with Crippen molar-refractivity contribution in [3.63, 3.8) is 0 Å². The first kappa shape index (κ1) is 20.4. The summed E-state index contributed by atoms with van der Waals surface area (Å²) < 4.78 is 18.8. The molecule has 0 radical (unpaired) electrons. The molecule has 0 unspecified atom stereocenters. The third-order valence-electron chi connectivity index (χ3n) is 5.42. The minimum absolute atomic E-state index is 0.124. The summed E-state index contributed by atoms with van der Waals surface area (Å²) in [5.74, 6) is 1.91. The number of amides is 1. The summed E-state index contributed by atoms with van der Waals surface area (Å²) in [7, 11) is 3.46. The van der Waals surface area contributed by atoms with Gasteiger partial charge in [-0.25, -0.2) is 0 Å². The molecule has 1 aromatic carbocycles. The second-order valence-corrected chi connectivity index (χ2v) is 7.76. The van der Waals surface area contributed by atoms with Crippen molar-refractivity contribution in [3.8, 4) is 17.1 Å². The average molecular weight is 413 g/mol. The second kappa shape index (κ2) is 8.85. The third kappa shape index (κ3) is 4.31. The Hall–Kier alpha value is -2.91. The lowest BCUT2D eigenvalue weighted by Gasteiger charge is -2.23. The summed E-state index contributed by atoms with van der Waals surface area (Å²) >= 11 is 0. The van der Waals surface area contributed by atoms with Crippen molar-refractivity contribution < 1.29 is 18.8 Å². The van der Waals surface area contributed by atoms with Gasteiger partial charge in [-0.05, 0) is 31.9 Å². The van der Waals surface area contributed by atoms with E-state index < -0.39 is 5.91 Å². The standard InChI is InChI=1S/C21H27N5O4/c1-25(12-18(22)27)13-19-23-21(24-30-19)16-11-26(10-14-6-8-29-9-7-14)20-15(16)4-3-5-17(20)28-2/h3-5,11,14H,6-10,12-13H2,1-2H3,(H2,22,27). The van der Waals surface area contributed by atoms with E-state index in [2.05, 4.69) is 20.9 Å². The van der Waals surface area contributed by atoms with Crippen LogP contribution in [0.5, 0.6) is 5.75 Å². The van der Waals surface area contributed by atoms with E-state index in [1.807, 2.05) is 18.2 Å². The minimum Gasteiger partial charge on any atom is -0.495 e. The molecule has 1 saturated heterocycles. The molecule has 0 aliphatic carbocycles. The van der Waals surface area contributed by atoms with E-state index in [0.29, 0.717) is 24.2 Å². The number of nitrogens with zero attached hydrogens (tertiary/aromatic N) is 4. The van der Waals surface area contributed by atoms with E-state index in [4.69, 9.17) is 19.7 Å². The largest absolute Gasteiger partial charge is 0.495 e. The molecule has 4 rings (SSSR count). The van der Waals surface area contributed by atoms with Gasteiger partial charge in [0, 0.05) is 36.9 Å². The van der Waals surface area contributed by atoms with Crippen LogP contribution in [0.3, 0.4) is 0 Å². The SMILES string of the molecule is COc1cccc2c(-c3noc(CN(C)CC(N)=O)n3)cn(CC3CCOCC3)c12. The molecule has 3 heterocycles. The minimum atomic E-state index is -0.402. The maximum atomic E-state index is 11.1. The Balaban J connectivity index is 1.66. The normalized spacial score (nSPS) is 15.2. The highest BCUT2D eigenvalue weighted by Gasteiger charge is 2.21. The lowest BCUT2D eigenvalue weighted by molar-refractivity contribution is -0.119. The summed E-state index contributed by atoms with van der Waals surface area (Å²) in [6.45, 7) is 2.97. The van der Waals surface area contributed by atoms with Crippen LogP contribution in [-0.4, -0.2) is 59.4 Å². The molecular weight excluding hydrogens is 386 g/mol. The van der Waals surface area contributed by atoms with E-state index >= 15 is 0 Å². The van der Waals surface area contributed by atoms with Gasteiger partial charge in [-0.3, -0.25) is 9.69 Å². The topological polar surface area (TPSA) is 109 Å². The van der Waals surface area contributed by atoms with E-state index in [0.717, 1.165) is 54.8 Å². The van der Waals surface area contributed by atoms with Crippen LogP contribution in [0, 0.1) is 5.92 Å². The number of para-hydroxylation sites is 1. The van der Waals surface area contributed by atoms with Crippen LogP contribution >= 0.6 is 0 Å². The van der Waals surface area contributed by atoms with Crippen molar-refractivity contribution >= 4 is 16.8 Å². The van der Waals surface area contributed by atoms with Gasteiger partial charge < -0.3 is 24.3 Å². The Bertz CT molecular complexity index is 1020. The number of benzene rings is 1. The number of rotatable bonds is 8. The van der Waals surface area contributed by atoms with Crippen molar-refractivity contribution in [2.45, 2.75) is 25.9 Å². The number of primary amides is 1. The Morgan fingerprint density at radius 3 is 2.90 bits per heavy atom. The number of hydrogen-bond donors (Lipinski definition) is 1. The highest BCUT2D eigenvalue weighted by Crippen LogP contribution is 2.35. The first-order valence-electron chi connectivity index (χ1n) is 10.1. The molecule has 0 spiro atoms. The fourth-order valence-electron chi connectivity index (χ4n) is 4.00. The van der Waals surface area contributed by atoms with Gasteiger partial charge in [-0.15, -0.1) is 0 Å². The van der Waals surface area contributed by atoms with E-state index in [-0.39, 0.29) is 6.54 Å². The number of methoxy groups -OCH3 is 1. The quantitative estimate of drug-likeness (QED) is 0.602. The smallest absolute Gasteiger partial charge is 0.241 e. The van der Waals surface area contributed by atoms with Crippen molar-refractivity contribution in [1.29, 1.82) is 0 Å². The fraction of sp³-hybridized carbons (Fsp3) is 0.476. The van der Waals surface area contributed by atoms with Crippen LogP contribution in [0.1, 0.15) is 18.7 Å². The van der Waals surface area contributed by atoms with Crippen molar-refractivity contribution in [2.75, 3.05) is 33.9 Å². The summed E-state index contributed by atoms with van der Waals surface area (Å²) in [6, 6.07) is 5.97. The number of likely N-dealkylation sites (N-methyl/N-ethyl adjacent to an activating group) is 1. The molecular formula is C21H27N5O4. The van der Waals surface area contributed by atoms with Gasteiger partial charge in [-0.1, -0.05) is 17.3 Å². The second-order valence-electron chi connectivity index (χ2n) is 7.76. The van der Waals surface area contributed by atoms with Crippen molar-refractivity contribution in [1.82, 2.24) is 19.6 Å². The Labute approximate surface area is 174 Å². The average Bonchev–Trinajstić information content (AvgIpc) is 3.33. The molecule has 9 nitrogen and oxygen atoms in total. The third-order valence-corrected chi connectivity index (χ3v) is 5.42. The zero-order chi connectivity index (χ0) is 21.1. The molecule has 3 aromatic rings. The predicted octanol–water partition coefficient (Wildman–Crippen LogP) is 2.04.